The zero-order valence-electron chi connectivity index (χ0n) is 13.7. The second-order valence-corrected chi connectivity index (χ2v) is 6.07. The lowest BCUT2D eigenvalue weighted by atomic mass is 10.2. The molecule has 0 unspecified atom stereocenters. The van der Waals surface area contributed by atoms with Gasteiger partial charge in [-0.2, -0.15) is 0 Å². The molecule has 8 heteroatoms. The van der Waals surface area contributed by atoms with E-state index in [2.05, 4.69) is 20.6 Å². The van der Waals surface area contributed by atoms with Crippen LogP contribution in [0.3, 0.4) is 0 Å². The summed E-state index contributed by atoms with van der Waals surface area (Å²) in [6.07, 6.45) is 2.84. The fourth-order valence-electron chi connectivity index (χ4n) is 2.13. The van der Waals surface area contributed by atoms with Crippen molar-refractivity contribution in [3.8, 4) is 5.75 Å². The van der Waals surface area contributed by atoms with Gasteiger partial charge >= 0.3 is 0 Å². The van der Waals surface area contributed by atoms with Crippen LogP contribution in [0.4, 0.5) is 17.3 Å². The van der Waals surface area contributed by atoms with Gasteiger partial charge in [-0.1, -0.05) is 29.3 Å². The summed E-state index contributed by atoms with van der Waals surface area (Å²) in [7, 11) is 1.56. The van der Waals surface area contributed by atoms with Crippen LogP contribution in [-0.4, -0.2) is 23.0 Å². The van der Waals surface area contributed by atoms with E-state index in [4.69, 9.17) is 27.9 Å². The highest BCUT2D eigenvalue weighted by Crippen LogP contribution is 2.27. The zero-order chi connectivity index (χ0) is 18.5. The van der Waals surface area contributed by atoms with E-state index in [1.54, 1.807) is 49.6 Å². The van der Waals surface area contributed by atoms with E-state index in [-0.39, 0.29) is 5.91 Å². The number of methoxy groups -OCH3 is 1. The van der Waals surface area contributed by atoms with Gasteiger partial charge in [-0.05, 0) is 30.3 Å². The van der Waals surface area contributed by atoms with Crippen molar-refractivity contribution in [2.24, 2.45) is 0 Å². The molecule has 1 heterocycles. The summed E-state index contributed by atoms with van der Waals surface area (Å²) in [5.74, 6) is 0.620. The van der Waals surface area contributed by atoms with Crippen molar-refractivity contribution < 1.29 is 9.53 Å². The van der Waals surface area contributed by atoms with Crippen LogP contribution in [0.5, 0.6) is 5.75 Å². The molecule has 0 aliphatic carbocycles. The smallest absolute Gasteiger partial charge is 0.258 e. The van der Waals surface area contributed by atoms with E-state index >= 15 is 0 Å². The molecule has 2 N–H and O–H groups in total. The lowest BCUT2D eigenvalue weighted by Crippen LogP contribution is -2.13. The highest BCUT2D eigenvalue weighted by molar-refractivity contribution is 6.35. The van der Waals surface area contributed by atoms with Gasteiger partial charge in [0.1, 0.15) is 5.75 Å². The van der Waals surface area contributed by atoms with Crippen LogP contribution in [0.2, 0.25) is 10.0 Å². The summed E-state index contributed by atoms with van der Waals surface area (Å²) in [4.78, 5) is 20.6. The highest BCUT2D eigenvalue weighted by Gasteiger charge is 2.09. The molecule has 3 aromatic rings. The number of nitrogens with one attached hydrogen (secondary N) is 2. The van der Waals surface area contributed by atoms with Gasteiger partial charge in [-0.15, -0.1) is 0 Å². The lowest BCUT2D eigenvalue weighted by molar-refractivity contribution is 0.102. The van der Waals surface area contributed by atoms with Crippen LogP contribution in [0.25, 0.3) is 0 Å². The minimum absolute atomic E-state index is 0.298. The lowest BCUT2D eigenvalue weighted by Gasteiger charge is -2.09. The molecule has 0 radical (unpaired) electrons. The van der Waals surface area contributed by atoms with Gasteiger partial charge in [0.05, 0.1) is 23.4 Å². The Balaban J connectivity index is 1.70. The second-order valence-electron chi connectivity index (χ2n) is 5.23. The Bertz CT molecular complexity index is 933. The van der Waals surface area contributed by atoms with E-state index in [0.717, 1.165) is 0 Å². The summed E-state index contributed by atoms with van der Waals surface area (Å²) in [5.41, 5.74) is 1.51. The van der Waals surface area contributed by atoms with Crippen LogP contribution < -0.4 is 15.4 Å². The molecule has 0 aliphatic rings. The van der Waals surface area contributed by atoms with Gasteiger partial charge in [0.25, 0.3) is 5.91 Å². The monoisotopic (exact) mass is 388 g/mol. The summed E-state index contributed by atoms with van der Waals surface area (Å²) in [6.45, 7) is 0. The number of hydrogen-bond donors (Lipinski definition) is 2. The standard InChI is InChI=1S/C18H14Cl2N4O2/c1-26-14-4-2-3-13(8-14)23-17(25)11-9-21-18(22-10-11)24-16-7-12(19)5-6-15(16)20/h2-10H,1H3,(H,23,25)(H,21,22,24). The molecule has 0 atom stereocenters. The summed E-state index contributed by atoms with van der Waals surface area (Å²) in [5, 5.41) is 6.74. The number of hydrogen-bond acceptors (Lipinski definition) is 5. The molecule has 1 aromatic heterocycles. The number of benzene rings is 2. The van der Waals surface area contributed by atoms with E-state index in [0.29, 0.717) is 38.7 Å². The van der Waals surface area contributed by atoms with Crippen LogP contribution in [-0.2, 0) is 0 Å². The van der Waals surface area contributed by atoms with E-state index < -0.39 is 0 Å². The van der Waals surface area contributed by atoms with Crippen LogP contribution in [0, 0.1) is 0 Å². The van der Waals surface area contributed by atoms with E-state index in [1.807, 2.05) is 0 Å². The van der Waals surface area contributed by atoms with Crippen molar-refractivity contribution in [2.45, 2.75) is 0 Å². The number of aromatic nitrogens is 2. The number of carbonyl (C=O) groups is 1. The third-order valence-corrected chi connectivity index (χ3v) is 3.98. The Morgan fingerprint density at radius 2 is 1.85 bits per heavy atom. The van der Waals surface area contributed by atoms with E-state index in [1.165, 1.54) is 12.4 Å². The maximum absolute atomic E-state index is 12.3. The number of carbonyl (C=O) groups excluding carboxylic acids is 1. The second kappa shape index (κ2) is 8.03. The Morgan fingerprint density at radius 3 is 2.58 bits per heavy atom. The normalized spacial score (nSPS) is 10.3. The number of nitrogens with zero attached hydrogens (tertiary/aromatic N) is 2. The SMILES string of the molecule is COc1cccc(NC(=O)c2cnc(Nc3cc(Cl)ccc3Cl)nc2)c1. The van der Waals surface area contributed by atoms with Gasteiger partial charge < -0.3 is 15.4 Å². The average Bonchev–Trinajstić information content (AvgIpc) is 2.65. The Hall–Kier alpha value is -2.83. The topological polar surface area (TPSA) is 76.1 Å². The molecule has 0 saturated heterocycles. The average molecular weight is 389 g/mol. The van der Waals surface area contributed by atoms with Crippen molar-refractivity contribution in [3.63, 3.8) is 0 Å². The Labute approximate surface area is 160 Å². The highest BCUT2D eigenvalue weighted by atomic mass is 35.5. The van der Waals surface area contributed by atoms with Gasteiger partial charge in [-0.3, -0.25) is 4.79 Å². The van der Waals surface area contributed by atoms with Crippen molar-refractivity contribution in [1.29, 1.82) is 0 Å². The maximum atomic E-state index is 12.3. The quantitative estimate of drug-likeness (QED) is 0.656. The summed E-state index contributed by atoms with van der Waals surface area (Å²) < 4.78 is 5.13. The fraction of sp³-hybridized carbons (Fsp3) is 0.0556. The van der Waals surface area contributed by atoms with Crippen LogP contribution in [0.15, 0.2) is 54.9 Å². The molecule has 1 amide bonds. The first-order valence-electron chi connectivity index (χ1n) is 7.54. The molecule has 2 aromatic carbocycles. The van der Waals surface area contributed by atoms with Crippen molar-refractivity contribution >= 4 is 46.4 Å². The molecule has 6 nitrogen and oxygen atoms in total. The third-order valence-electron chi connectivity index (χ3n) is 3.42. The first-order valence-corrected chi connectivity index (χ1v) is 8.30. The molecule has 0 bridgehead atoms. The number of halogens is 2. The van der Waals surface area contributed by atoms with E-state index in [9.17, 15) is 4.79 Å². The van der Waals surface area contributed by atoms with Gasteiger partial charge in [0.2, 0.25) is 5.95 Å². The molecular formula is C18H14Cl2N4O2. The van der Waals surface area contributed by atoms with Crippen molar-refractivity contribution in [3.05, 3.63) is 70.5 Å². The predicted molar refractivity (Wildman–Crippen MR) is 103 cm³/mol. The Kier molecular flexibility index (Phi) is 5.55. The summed E-state index contributed by atoms with van der Waals surface area (Å²) >= 11 is 12.0. The third kappa shape index (κ3) is 4.41. The van der Waals surface area contributed by atoms with Crippen LogP contribution in [0.1, 0.15) is 10.4 Å². The first-order chi connectivity index (χ1) is 12.5. The van der Waals surface area contributed by atoms with Gasteiger partial charge in [0, 0.05) is 29.2 Å². The molecule has 0 fully saturated rings. The Morgan fingerprint density at radius 1 is 1.08 bits per heavy atom. The minimum Gasteiger partial charge on any atom is -0.497 e. The van der Waals surface area contributed by atoms with Gasteiger partial charge in [0.15, 0.2) is 0 Å². The van der Waals surface area contributed by atoms with Crippen molar-refractivity contribution in [2.75, 3.05) is 17.7 Å². The summed E-state index contributed by atoms with van der Waals surface area (Å²) in [6, 6.07) is 12.1. The number of amides is 1. The molecule has 0 saturated carbocycles. The first kappa shape index (κ1) is 18.0. The number of rotatable bonds is 5. The molecule has 132 valence electrons. The minimum atomic E-state index is -0.328. The largest absolute Gasteiger partial charge is 0.497 e. The zero-order valence-corrected chi connectivity index (χ0v) is 15.2. The van der Waals surface area contributed by atoms with Crippen molar-refractivity contribution in [1.82, 2.24) is 9.97 Å². The maximum Gasteiger partial charge on any atom is 0.258 e. The molecule has 3 rings (SSSR count). The molecule has 0 spiro atoms. The molecule has 0 aliphatic heterocycles. The van der Waals surface area contributed by atoms with Crippen LogP contribution >= 0.6 is 23.2 Å². The molecule has 26 heavy (non-hydrogen) atoms. The predicted octanol–water partition coefficient (Wildman–Crippen LogP) is 4.79. The van der Waals surface area contributed by atoms with Gasteiger partial charge in [-0.25, -0.2) is 9.97 Å². The number of anilines is 3. The molecular weight excluding hydrogens is 375 g/mol. The fourth-order valence-corrected chi connectivity index (χ4v) is 2.46. The number of ether oxygens (including phenoxy) is 1.